The van der Waals surface area contributed by atoms with E-state index >= 15 is 0 Å². The van der Waals surface area contributed by atoms with E-state index in [4.69, 9.17) is 0 Å². The van der Waals surface area contributed by atoms with Crippen LogP contribution in [-0.4, -0.2) is 16.6 Å². The van der Waals surface area contributed by atoms with E-state index in [2.05, 4.69) is 18.8 Å². The molecule has 2 rings (SSSR count). The third-order valence-electron chi connectivity index (χ3n) is 3.47. The molecule has 3 heteroatoms. The highest BCUT2D eigenvalue weighted by Crippen LogP contribution is 2.37. The molecule has 1 aliphatic rings. The highest BCUT2D eigenvalue weighted by atomic mass is 16.1. The van der Waals surface area contributed by atoms with Crippen LogP contribution in [0.15, 0.2) is 24.5 Å². The molecule has 1 heterocycles. The normalized spacial score (nSPS) is 23.4. The Labute approximate surface area is 101 Å². The molecular formula is C14H17NO2. The van der Waals surface area contributed by atoms with Gasteiger partial charge in [0.05, 0.1) is 5.92 Å². The Morgan fingerprint density at radius 2 is 2.00 bits per heavy atom. The predicted octanol–water partition coefficient (Wildman–Crippen LogP) is 2.66. The number of rotatable bonds is 2. The summed E-state index contributed by atoms with van der Waals surface area (Å²) in [7, 11) is 0. The van der Waals surface area contributed by atoms with Crippen molar-refractivity contribution in [1.29, 1.82) is 0 Å². The van der Waals surface area contributed by atoms with Crippen LogP contribution in [0, 0.1) is 11.3 Å². The van der Waals surface area contributed by atoms with Crippen molar-refractivity contribution in [2.75, 3.05) is 0 Å². The minimum Gasteiger partial charge on any atom is -0.299 e. The molecule has 0 aliphatic heterocycles. The SMILES string of the molecule is CC1(C)CCC(=O)C(C(=O)c2ccncc2)C1. The van der Waals surface area contributed by atoms with E-state index in [1.54, 1.807) is 24.5 Å². The van der Waals surface area contributed by atoms with Crippen molar-refractivity contribution in [2.24, 2.45) is 11.3 Å². The Morgan fingerprint density at radius 1 is 1.35 bits per heavy atom. The zero-order valence-electron chi connectivity index (χ0n) is 10.3. The third-order valence-corrected chi connectivity index (χ3v) is 3.47. The minimum atomic E-state index is -0.457. The summed E-state index contributed by atoms with van der Waals surface area (Å²) in [6.45, 7) is 4.23. The first-order chi connectivity index (χ1) is 7.99. The number of Topliss-reactive ketones (excluding diaryl/α,β-unsaturated/α-hetero) is 2. The average Bonchev–Trinajstić information content (AvgIpc) is 2.33. The molecule has 1 aromatic heterocycles. The highest BCUT2D eigenvalue weighted by molar-refractivity contribution is 6.10. The zero-order chi connectivity index (χ0) is 12.5. The summed E-state index contributed by atoms with van der Waals surface area (Å²) in [5, 5.41) is 0. The van der Waals surface area contributed by atoms with Crippen LogP contribution < -0.4 is 0 Å². The van der Waals surface area contributed by atoms with Gasteiger partial charge < -0.3 is 0 Å². The van der Waals surface area contributed by atoms with Gasteiger partial charge in [-0.1, -0.05) is 13.8 Å². The molecule has 1 atom stereocenters. The first-order valence-electron chi connectivity index (χ1n) is 5.96. The maximum atomic E-state index is 12.2. The molecule has 1 saturated carbocycles. The molecule has 17 heavy (non-hydrogen) atoms. The lowest BCUT2D eigenvalue weighted by atomic mass is 9.69. The predicted molar refractivity (Wildman–Crippen MR) is 64.7 cm³/mol. The molecule has 3 nitrogen and oxygen atoms in total. The molecular weight excluding hydrogens is 214 g/mol. The molecule has 0 bridgehead atoms. The van der Waals surface area contributed by atoms with E-state index in [-0.39, 0.29) is 17.0 Å². The fourth-order valence-corrected chi connectivity index (χ4v) is 2.36. The first kappa shape index (κ1) is 12.0. The van der Waals surface area contributed by atoms with E-state index in [9.17, 15) is 9.59 Å². The third kappa shape index (κ3) is 2.60. The maximum Gasteiger partial charge on any atom is 0.173 e. The Kier molecular flexibility index (Phi) is 3.09. The number of aromatic nitrogens is 1. The Hall–Kier alpha value is -1.51. The van der Waals surface area contributed by atoms with Crippen molar-refractivity contribution >= 4 is 11.6 Å². The van der Waals surface area contributed by atoms with E-state index in [1.807, 2.05) is 0 Å². The fraction of sp³-hybridized carbons (Fsp3) is 0.500. The molecule has 1 fully saturated rings. The van der Waals surface area contributed by atoms with Crippen molar-refractivity contribution in [3.8, 4) is 0 Å². The van der Waals surface area contributed by atoms with E-state index in [0.29, 0.717) is 18.4 Å². The van der Waals surface area contributed by atoms with Gasteiger partial charge in [-0.05, 0) is 30.4 Å². The van der Waals surface area contributed by atoms with Gasteiger partial charge in [0, 0.05) is 24.4 Å². The lowest BCUT2D eigenvalue weighted by molar-refractivity contribution is -0.125. The van der Waals surface area contributed by atoms with Crippen LogP contribution in [0.2, 0.25) is 0 Å². The number of nitrogens with zero attached hydrogens (tertiary/aromatic N) is 1. The zero-order valence-corrected chi connectivity index (χ0v) is 10.3. The van der Waals surface area contributed by atoms with Crippen LogP contribution in [0.3, 0.4) is 0 Å². The van der Waals surface area contributed by atoms with Gasteiger partial charge in [0.25, 0.3) is 0 Å². The van der Waals surface area contributed by atoms with Gasteiger partial charge in [0.15, 0.2) is 5.78 Å². The van der Waals surface area contributed by atoms with Crippen molar-refractivity contribution in [3.63, 3.8) is 0 Å². The monoisotopic (exact) mass is 231 g/mol. The molecule has 0 saturated heterocycles. The lowest BCUT2D eigenvalue weighted by Crippen LogP contribution is -2.35. The number of ketones is 2. The van der Waals surface area contributed by atoms with Crippen LogP contribution >= 0.6 is 0 Å². The second kappa shape index (κ2) is 4.40. The lowest BCUT2D eigenvalue weighted by Gasteiger charge is -2.33. The highest BCUT2D eigenvalue weighted by Gasteiger charge is 2.37. The number of carbonyl (C=O) groups excluding carboxylic acids is 2. The molecule has 0 amide bonds. The van der Waals surface area contributed by atoms with Crippen molar-refractivity contribution in [1.82, 2.24) is 4.98 Å². The molecule has 0 aromatic carbocycles. The van der Waals surface area contributed by atoms with Crippen LogP contribution in [-0.2, 0) is 4.79 Å². The van der Waals surface area contributed by atoms with Gasteiger partial charge >= 0.3 is 0 Å². The maximum absolute atomic E-state index is 12.2. The summed E-state index contributed by atoms with van der Waals surface area (Å²) in [5.74, 6) is -0.419. The molecule has 1 unspecified atom stereocenters. The van der Waals surface area contributed by atoms with E-state index < -0.39 is 5.92 Å². The van der Waals surface area contributed by atoms with E-state index in [0.717, 1.165) is 6.42 Å². The molecule has 0 radical (unpaired) electrons. The number of carbonyl (C=O) groups is 2. The number of hydrogen-bond donors (Lipinski definition) is 0. The van der Waals surface area contributed by atoms with Crippen LogP contribution in [0.4, 0.5) is 0 Å². The minimum absolute atomic E-state index is 0.0508. The molecule has 1 aromatic rings. The Morgan fingerprint density at radius 3 is 2.65 bits per heavy atom. The van der Waals surface area contributed by atoms with Gasteiger partial charge in [-0.2, -0.15) is 0 Å². The second-order valence-corrected chi connectivity index (χ2v) is 5.49. The smallest absolute Gasteiger partial charge is 0.173 e. The topological polar surface area (TPSA) is 47.0 Å². The summed E-state index contributed by atoms with van der Waals surface area (Å²) >= 11 is 0. The summed E-state index contributed by atoms with van der Waals surface area (Å²) < 4.78 is 0. The fourth-order valence-electron chi connectivity index (χ4n) is 2.36. The summed E-state index contributed by atoms with van der Waals surface area (Å²) in [6.07, 6.45) is 5.24. The van der Waals surface area contributed by atoms with Gasteiger partial charge in [-0.25, -0.2) is 0 Å². The molecule has 0 N–H and O–H groups in total. The van der Waals surface area contributed by atoms with Gasteiger partial charge in [0.2, 0.25) is 0 Å². The van der Waals surface area contributed by atoms with Crippen LogP contribution in [0.1, 0.15) is 43.5 Å². The van der Waals surface area contributed by atoms with Crippen LogP contribution in [0.25, 0.3) is 0 Å². The summed E-state index contributed by atoms with van der Waals surface area (Å²) in [5.41, 5.74) is 0.678. The van der Waals surface area contributed by atoms with Crippen molar-refractivity contribution < 1.29 is 9.59 Å². The quantitative estimate of drug-likeness (QED) is 0.580. The summed E-state index contributed by atoms with van der Waals surface area (Å²) in [6, 6.07) is 3.36. The molecule has 0 spiro atoms. The Balaban J connectivity index is 2.21. The van der Waals surface area contributed by atoms with Gasteiger partial charge in [-0.15, -0.1) is 0 Å². The van der Waals surface area contributed by atoms with Crippen LogP contribution in [0.5, 0.6) is 0 Å². The standard InChI is InChI=1S/C14H17NO2/c1-14(2)6-3-12(16)11(9-14)13(17)10-4-7-15-8-5-10/h4-5,7-8,11H,3,6,9H2,1-2H3. The summed E-state index contributed by atoms with van der Waals surface area (Å²) in [4.78, 5) is 28.0. The average molecular weight is 231 g/mol. The van der Waals surface area contributed by atoms with Crippen molar-refractivity contribution in [3.05, 3.63) is 30.1 Å². The van der Waals surface area contributed by atoms with E-state index in [1.165, 1.54) is 0 Å². The number of hydrogen-bond acceptors (Lipinski definition) is 3. The first-order valence-corrected chi connectivity index (χ1v) is 5.96. The molecule has 90 valence electrons. The number of pyridine rings is 1. The second-order valence-electron chi connectivity index (χ2n) is 5.49. The largest absolute Gasteiger partial charge is 0.299 e. The van der Waals surface area contributed by atoms with Gasteiger partial charge in [-0.3, -0.25) is 14.6 Å². The molecule has 1 aliphatic carbocycles. The van der Waals surface area contributed by atoms with Crippen molar-refractivity contribution in [2.45, 2.75) is 33.1 Å². The Bertz CT molecular complexity index is 437. The van der Waals surface area contributed by atoms with Gasteiger partial charge in [0.1, 0.15) is 5.78 Å².